The van der Waals surface area contributed by atoms with Gasteiger partial charge in [-0.1, -0.05) is 36.4 Å². The highest BCUT2D eigenvalue weighted by Gasteiger charge is 2.38. The first-order chi connectivity index (χ1) is 17.6. The standard InChI is InChI=1S/C27H35N3O6S/c1-5-35-25(31)15-20(19-12-21(28)26(29)23(14-19)34-4)18-10-9-17(2)22(13-18)30-16-36-24-8-6-7-11-27(24,3)37(32)33/h6-14,20,24,30H,5,15-16,28-29H2,1-4H3,(H,32,33). The summed E-state index contributed by atoms with van der Waals surface area (Å²) in [6.45, 7) is 5.77. The number of nitrogens with one attached hydrogen (secondary N) is 1. The molecule has 0 spiro atoms. The van der Waals surface area contributed by atoms with Gasteiger partial charge in [0.1, 0.15) is 23.3 Å². The Morgan fingerprint density at radius 1 is 1.22 bits per heavy atom. The van der Waals surface area contributed by atoms with Crippen LogP contribution in [0.2, 0.25) is 0 Å². The van der Waals surface area contributed by atoms with Gasteiger partial charge in [-0.05, 0) is 55.7 Å². The van der Waals surface area contributed by atoms with E-state index in [0.717, 1.165) is 22.4 Å². The molecule has 200 valence electrons. The normalized spacial score (nSPS) is 20.3. The predicted molar refractivity (Wildman–Crippen MR) is 147 cm³/mol. The topological polar surface area (TPSA) is 146 Å². The Hall–Kier alpha value is -3.34. The minimum absolute atomic E-state index is 0.0965. The Labute approximate surface area is 220 Å². The Bertz CT molecular complexity index is 1210. The number of allylic oxidation sites excluding steroid dienone is 2. The zero-order chi connectivity index (χ0) is 27.2. The van der Waals surface area contributed by atoms with E-state index in [2.05, 4.69) is 5.32 Å². The molecular weight excluding hydrogens is 494 g/mol. The van der Waals surface area contributed by atoms with Crippen LogP contribution in [0.25, 0.3) is 0 Å². The average Bonchev–Trinajstić information content (AvgIpc) is 2.86. The molecule has 0 heterocycles. The van der Waals surface area contributed by atoms with Gasteiger partial charge in [0, 0.05) is 11.6 Å². The molecule has 0 amide bonds. The highest BCUT2D eigenvalue weighted by Crippen LogP contribution is 2.38. The number of nitrogens with two attached hydrogens (primary N) is 2. The molecule has 9 nitrogen and oxygen atoms in total. The Morgan fingerprint density at radius 2 is 1.97 bits per heavy atom. The van der Waals surface area contributed by atoms with Crippen molar-refractivity contribution in [2.45, 2.75) is 44.0 Å². The van der Waals surface area contributed by atoms with Crippen LogP contribution in [0.5, 0.6) is 5.75 Å². The van der Waals surface area contributed by atoms with Crippen LogP contribution in [0.15, 0.2) is 54.6 Å². The van der Waals surface area contributed by atoms with Crippen molar-refractivity contribution in [2.24, 2.45) is 0 Å². The summed E-state index contributed by atoms with van der Waals surface area (Å²) < 4.78 is 37.2. The fourth-order valence-electron chi connectivity index (χ4n) is 4.19. The molecule has 0 saturated heterocycles. The van der Waals surface area contributed by atoms with Crippen LogP contribution < -0.4 is 21.5 Å². The number of carbonyl (C=O) groups excluding carboxylic acids is 1. The molecule has 10 heteroatoms. The molecule has 1 aliphatic rings. The average molecular weight is 530 g/mol. The summed E-state index contributed by atoms with van der Waals surface area (Å²) in [4.78, 5) is 12.5. The quantitative estimate of drug-likeness (QED) is 0.146. The van der Waals surface area contributed by atoms with E-state index < -0.39 is 21.9 Å². The van der Waals surface area contributed by atoms with Crippen molar-refractivity contribution in [3.63, 3.8) is 0 Å². The number of benzene rings is 2. The third-order valence-corrected chi connectivity index (χ3v) is 7.57. The van der Waals surface area contributed by atoms with E-state index in [1.54, 1.807) is 50.3 Å². The van der Waals surface area contributed by atoms with Gasteiger partial charge < -0.3 is 35.5 Å². The SMILES string of the molecule is CCOC(=O)CC(c1ccc(C)c(NCOC2C=CC=CC2(C)S(=O)O)c1)c1cc(N)c(N)c(OC)c1. The van der Waals surface area contributed by atoms with E-state index in [0.29, 0.717) is 17.1 Å². The lowest BCUT2D eigenvalue weighted by Gasteiger charge is -2.31. The van der Waals surface area contributed by atoms with E-state index in [1.165, 1.54) is 7.11 Å². The van der Waals surface area contributed by atoms with Gasteiger partial charge in [0.15, 0.2) is 11.1 Å². The van der Waals surface area contributed by atoms with E-state index in [9.17, 15) is 13.6 Å². The Balaban J connectivity index is 1.88. The second-order valence-corrected chi connectivity index (χ2v) is 10.3. The van der Waals surface area contributed by atoms with Gasteiger partial charge in [-0.25, -0.2) is 4.21 Å². The maximum Gasteiger partial charge on any atom is 0.306 e. The fourth-order valence-corrected chi connectivity index (χ4v) is 4.73. The maximum atomic E-state index is 12.5. The monoisotopic (exact) mass is 529 g/mol. The maximum absolute atomic E-state index is 12.5. The number of carbonyl (C=O) groups is 1. The van der Waals surface area contributed by atoms with E-state index in [1.807, 2.05) is 25.1 Å². The molecular formula is C27H35N3O6S. The molecule has 2 aromatic carbocycles. The first-order valence-electron chi connectivity index (χ1n) is 11.9. The van der Waals surface area contributed by atoms with Crippen LogP contribution in [-0.2, 0) is 25.3 Å². The highest BCUT2D eigenvalue weighted by atomic mass is 32.2. The van der Waals surface area contributed by atoms with Crippen LogP contribution in [0.3, 0.4) is 0 Å². The van der Waals surface area contributed by atoms with Crippen LogP contribution >= 0.6 is 0 Å². The molecule has 37 heavy (non-hydrogen) atoms. The van der Waals surface area contributed by atoms with E-state index >= 15 is 0 Å². The van der Waals surface area contributed by atoms with Crippen molar-refractivity contribution >= 4 is 34.1 Å². The summed E-state index contributed by atoms with van der Waals surface area (Å²) in [6.07, 6.45) is 6.47. The van der Waals surface area contributed by atoms with Gasteiger partial charge in [0.05, 0.1) is 31.5 Å². The number of hydrogen-bond acceptors (Lipinski definition) is 8. The van der Waals surface area contributed by atoms with Gasteiger partial charge >= 0.3 is 5.97 Å². The molecule has 6 N–H and O–H groups in total. The molecule has 0 aromatic heterocycles. The van der Waals surface area contributed by atoms with Gasteiger partial charge in [0.2, 0.25) is 0 Å². The van der Waals surface area contributed by atoms with Crippen molar-refractivity contribution in [1.29, 1.82) is 0 Å². The number of nitrogen functional groups attached to an aromatic ring is 2. The number of methoxy groups -OCH3 is 1. The van der Waals surface area contributed by atoms with Gasteiger partial charge in [0.25, 0.3) is 0 Å². The summed E-state index contributed by atoms with van der Waals surface area (Å²) in [6, 6.07) is 9.37. The van der Waals surface area contributed by atoms with Crippen molar-refractivity contribution in [3.05, 3.63) is 71.3 Å². The summed E-state index contributed by atoms with van der Waals surface area (Å²) >= 11 is -2.11. The number of ether oxygens (including phenoxy) is 3. The first-order valence-corrected chi connectivity index (χ1v) is 13.0. The Kier molecular flexibility index (Phi) is 9.36. The second kappa shape index (κ2) is 12.3. The largest absolute Gasteiger partial charge is 0.495 e. The molecule has 0 bridgehead atoms. The number of rotatable bonds is 11. The molecule has 2 aromatic rings. The molecule has 0 saturated carbocycles. The highest BCUT2D eigenvalue weighted by molar-refractivity contribution is 7.81. The molecule has 1 aliphatic carbocycles. The van der Waals surface area contributed by atoms with E-state index in [-0.39, 0.29) is 31.6 Å². The van der Waals surface area contributed by atoms with Gasteiger partial charge in [-0.15, -0.1) is 0 Å². The lowest BCUT2D eigenvalue weighted by Crippen LogP contribution is -2.43. The zero-order valence-electron chi connectivity index (χ0n) is 21.5. The number of hydrogen-bond donors (Lipinski definition) is 4. The number of aryl methyl sites for hydroxylation is 1. The van der Waals surface area contributed by atoms with E-state index in [4.69, 9.17) is 25.7 Å². The van der Waals surface area contributed by atoms with Crippen LogP contribution in [-0.4, -0.2) is 46.0 Å². The third-order valence-electron chi connectivity index (χ3n) is 6.45. The van der Waals surface area contributed by atoms with Crippen molar-refractivity contribution in [2.75, 3.05) is 37.2 Å². The first kappa shape index (κ1) is 28.2. The van der Waals surface area contributed by atoms with Crippen molar-refractivity contribution in [1.82, 2.24) is 0 Å². The van der Waals surface area contributed by atoms with Crippen LogP contribution in [0, 0.1) is 6.92 Å². The molecule has 4 atom stereocenters. The second-order valence-electron chi connectivity index (χ2n) is 8.95. The predicted octanol–water partition coefficient (Wildman–Crippen LogP) is 4.11. The third kappa shape index (κ3) is 6.51. The molecule has 0 fully saturated rings. The van der Waals surface area contributed by atoms with Crippen LogP contribution in [0.1, 0.15) is 42.9 Å². The molecule has 0 radical (unpaired) electrons. The molecule has 4 unspecified atom stereocenters. The summed E-state index contributed by atoms with van der Waals surface area (Å²) in [5.41, 5.74) is 16.3. The van der Waals surface area contributed by atoms with Gasteiger partial charge in [-0.3, -0.25) is 4.79 Å². The number of anilines is 3. The summed E-state index contributed by atoms with van der Waals surface area (Å²) in [5.74, 6) is -0.278. The number of esters is 1. The Morgan fingerprint density at radius 3 is 2.65 bits per heavy atom. The summed E-state index contributed by atoms with van der Waals surface area (Å²) in [5, 5.41) is 3.26. The van der Waals surface area contributed by atoms with Crippen LogP contribution in [0.4, 0.5) is 17.1 Å². The minimum atomic E-state index is -2.11. The molecule has 3 rings (SSSR count). The van der Waals surface area contributed by atoms with Gasteiger partial charge in [-0.2, -0.15) is 0 Å². The molecule has 0 aliphatic heterocycles. The minimum Gasteiger partial charge on any atom is -0.495 e. The summed E-state index contributed by atoms with van der Waals surface area (Å²) in [7, 11) is 1.51. The lowest BCUT2D eigenvalue weighted by molar-refractivity contribution is -0.143. The van der Waals surface area contributed by atoms with Crippen molar-refractivity contribution < 1.29 is 27.8 Å². The smallest absolute Gasteiger partial charge is 0.306 e. The zero-order valence-corrected chi connectivity index (χ0v) is 22.3. The lowest BCUT2D eigenvalue weighted by atomic mass is 9.87. The van der Waals surface area contributed by atoms with Crippen molar-refractivity contribution in [3.8, 4) is 5.75 Å². The fraction of sp³-hybridized carbons (Fsp3) is 0.370.